The topological polar surface area (TPSA) is 147 Å². The number of nitro benzene ring substituents is 1. The van der Waals surface area contributed by atoms with E-state index in [9.17, 15) is 24.5 Å². The van der Waals surface area contributed by atoms with Crippen LogP contribution in [0.25, 0.3) is 0 Å². The number of carbonyl (C=O) groups excluding carboxylic acids is 1. The number of hydrogen-bond acceptors (Lipinski definition) is 7. The number of aromatic nitrogens is 2. The molecular weight excluding hydrogens is 368 g/mol. The molecule has 1 unspecified atom stereocenters. The third kappa shape index (κ3) is 3.43. The lowest BCUT2D eigenvalue weighted by atomic mass is 9.82. The van der Waals surface area contributed by atoms with Crippen LogP contribution in [-0.4, -0.2) is 27.0 Å². The van der Waals surface area contributed by atoms with Crippen molar-refractivity contribution < 1.29 is 14.5 Å². The van der Waals surface area contributed by atoms with Gasteiger partial charge in [-0.25, -0.2) is 9.59 Å². The number of carbonyl (C=O) groups is 1. The van der Waals surface area contributed by atoms with Crippen LogP contribution in [0.5, 0.6) is 0 Å². The van der Waals surface area contributed by atoms with Gasteiger partial charge in [-0.1, -0.05) is 12.1 Å². The first-order chi connectivity index (χ1) is 13.2. The SMILES string of the molecule is CC1=C(C(=O)OC(C)C)C(c2cccc([N+](=O)[O-])c2)c2c([nH]c(=O)[nH]c2=O)N1. The predicted molar refractivity (Wildman–Crippen MR) is 100 cm³/mol. The fourth-order valence-corrected chi connectivity index (χ4v) is 3.19. The van der Waals surface area contributed by atoms with Crippen LogP contribution in [0.2, 0.25) is 0 Å². The fraction of sp³-hybridized carbons (Fsp3) is 0.278. The molecule has 1 aromatic carbocycles. The van der Waals surface area contributed by atoms with Crippen molar-refractivity contribution in [1.82, 2.24) is 9.97 Å². The van der Waals surface area contributed by atoms with Gasteiger partial charge in [0.1, 0.15) is 5.82 Å². The number of non-ortho nitro benzene ring substituents is 1. The first-order valence-electron chi connectivity index (χ1n) is 8.48. The Morgan fingerprint density at radius 2 is 1.96 bits per heavy atom. The average molecular weight is 386 g/mol. The van der Waals surface area contributed by atoms with E-state index in [4.69, 9.17) is 4.74 Å². The van der Waals surface area contributed by atoms with Crippen molar-refractivity contribution in [2.45, 2.75) is 32.8 Å². The molecule has 0 saturated heterocycles. The van der Waals surface area contributed by atoms with Crippen LogP contribution in [0.1, 0.15) is 37.8 Å². The third-order valence-corrected chi connectivity index (χ3v) is 4.25. The number of ether oxygens (including phenoxy) is 1. The monoisotopic (exact) mass is 386 g/mol. The minimum Gasteiger partial charge on any atom is -0.460 e. The molecule has 0 fully saturated rings. The number of benzene rings is 1. The smallest absolute Gasteiger partial charge is 0.337 e. The Labute approximate surface area is 158 Å². The van der Waals surface area contributed by atoms with E-state index in [0.717, 1.165) is 0 Å². The molecule has 3 rings (SSSR count). The Balaban J connectivity index is 2.29. The number of anilines is 1. The number of aromatic amines is 2. The summed E-state index contributed by atoms with van der Waals surface area (Å²) in [6, 6.07) is 5.65. The van der Waals surface area contributed by atoms with Crippen molar-refractivity contribution in [2.75, 3.05) is 5.32 Å². The van der Waals surface area contributed by atoms with Gasteiger partial charge in [0.15, 0.2) is 0 Å². The van der Waals surface area contributed by atoms with Gasteiger partial charge in [0, 0.05) is 17.8 Å². The van der Waals surface area contributed by atoms with E-state index in [0.29, 0.717) is 11.3 Å². The maximum Gasteiger partial charge on any atom is 0.337 e. The quantitative estimate of drug-likeness (QED) is 0.412. The molecule has 2 heterocycles. The molecule has 0 radical (unpaired) electrons. The second-order valence-corrected chi connectivity index (χ2v) is 6.60. The zero-order chi connectivity index (χ0) is 20.6. The Morgan fingerprint density at radius 1 is 1.25 bits per heavy atom. The van der Waals surface area contributed by atoms with Crippen LogP contribution in [0.15, 0.2) is 45.1 Å². The summed E-state index contributed by atoms with van der Waals surface area (Å²) in [5.41, 5.74) is -0.672. The van der Waals surface area contributed by atoms with Gasteiger partial charge in [0.25, 0.3) is 11.2 Å². The molecule has 1 aromatic heterocycles. The second-order valence-electron chi connectivity index (χ2n) is 6.60. The summed E-state index contributed by atoms with van der Waals surface area (Å²) in [6.07, 6.45) is -0.408. The summed E-state index contributed by atoms with van der Waals surface area (Å²) in [7, 11) is 0. The molecule has 1 aliphatic rings. The number of allylic oxidation sites excluding steroid dienone is 1. The minimum atomic E-state index is -0.956. The van der Waals surface area contributed by atoms with Gasteiger partial charge in [-0.3, -0.25) is 24.9 Å². The van der Waals surface area contributed by atoms with Gasteiger partial charge in [0.2, 0.25) is 0 Å². The average Bonchev–Trinajstić information content (AvgIpc) is 2.59. The number of rotatable bonds is 4. The molecule has 146 valence electrons. The van der Waals surface area contributed by atoms with E-state index in [2.05, 4.69) is 15.3 Å². The zero-order valence-electron chi connectivity index (χ0n) is 15.4. The minimum absolute atomic E-state index is 0.0707. The molecule has 2 aromatic rings. The summed E-state index contributed by atoms with van der Waals surface area (Å²) >= 11 is 0. The second kappa shape index (κ2) is 7.14. The van der Waals surface area contributed by atoms with E-state index >= 15 is 0 Å². The van der Waals surface area contributed by atoms with Crippen LogP contribution < -0.4 is 16.6 Å². The van der Waals surface area contributed by atoms with Crippen LogP contribution in [-0.2, 0) is 9.53 Å². The van der Waals surface area contributed by atoms with Crippen molar-refractivity contribution in [3.05, 3.63) is 77.6 Å². The summed E-state index contributed by atoms with van der Waals surface area (Å²) < 4.78 is 5.31. The highest BCUT2D eigenvalue weighted by molar-refractivity contribution is 5.94. The summed E-state index contributed by atoms with van der Waals surface area (Å²) in [5.74, 6) is -1.49. The Bertz CT molecular complexity index is 1110. The van der Waals surface area contributed by atoms with E-state index in [1.807, 2.05) is 0 Å². The Hall–Kier alpha value is -3.69. The largest absolute Gasteiger partial charge is 0.460 e. The third-order valence-electron chi connectivity index (χ3n) is 4.25. The molecule has 0 bridgehead atoms. The van der Waals surface area contributed by atoms with Crippen LogP contribution in [0.3, 0.4) is 0 Å². The molecule has 0 saturated carbocycles. The number of hydrogen-bond donors (Lipinski definition) is 3. The van der Waals surface area contributed by atoms with Crippen molar-refractivity contribution in [1.29, 1.82) is 0 Å². The van der Waals surface area contributed by atoms with E-state index < -0.39 is 34.2 Å². The maximum absolute atomic E-state index is 12.8. The highest BCUT2D eigenvalue weighted by atomic mass is 16.6. The van der Waals surface area contributed by atoms with E-state index in [1.54, 1.807) is 26.8 Å². The standard InChI is InChI=1S/C18H18N4O6/c1-8(2)28-17(24)12-9(3)19-15-14(16(23)21-18(25)20-15)13(12)10-5-4-6-11(7-10)22(26)27/h4-8,13H,1-3H3,(H3,19,20,21,23,25). The molecular formula is C18H18N4O6. The molecule has 10 nitrogen and oxygen atoms in total. The van der Waals surface area contributed by atoms with E-state index in [1.165, 1.54) is 18.2 Å². The van der Waals surface area contributed by atoms with Gasteiger partial charge in [0.05, 0.1) is 28.1 Å². The number of nitro groups is 1. The number of H-pyrrole nitrogens is 2. The molecule has 0 spiro atoms. The van der Waals surface area contributed by atoms with Crippen molar-refractivity contribution in [2.24, 2.45) is 0 Å². The Kier molecular flexibility index (Phi) is 4.87. The van der Waals surface area contributed by atoms with Crippen molar-refractivity contribution in [3.8, 4) is 0 Å². The van der Waals surface area contributed by atoms with Crippen LogP contribution in [0.4, 0.5) is 11.5 Å². The Morgan fingerprint density at radius 3 is 2.61 bits per heavy atom. The zero-order valence-corrected chi connectivity index (χ0v) is 15.4. The van der Waals surface area contributed by atoms with Gasteiger partial charge in [-0.15, -0.1) is 0 Å². The lowest BCUT2D eigenvalue weighted by Gasteiger charge is -2.29. The van der Waals surface area contributed by atoms with Gasteiger partial charge in [-0.2, -0.15) is 0 Å². The van der Waals surface area contributed by atoms with Crippen LogP contribution in [0, 0.1) is 10.1 Å². The highest BCUT2D eigenvalue weighted by Gasteiger charge is 2.36. The summed E-state index contributed by atoms with van der Waals surface area (Å²) in [4.78, 5) is 52.3. The lowest BCUT2D eigenvalue weighted by molar-refractivity contribution is -0.384. The lowest BCUT2D eigenvalue weighted by Crippen LogP contribution is -2.35. The molecule has 10 heteroatoms. The van der Waals surface area contributed by atoms with Gasteiger partial charge >= 0.3 is 11.7 Å². The molecule has 3 N–H and O–H groups in total. The summed E-state index contributed by atoms with van der Waals surface area (Å²) in [6.45, 7) is 4.97. The normalized spacial score (nSPS) is 15.8. The number of nitrogens with zero attached hydrogens (tertiary/aromatic N) is 1. The van der Waals surface area contributed by atoms with Crippen molar-refractivity contribution in [3.63, 3.8) is 0 Å². The molecule has 1 atom stereocenters. The fourth-order valence-electron chi connectivity index (χ4n) is 3.19. The molecule has 0 amide bonds. The first-order valence-corrected chi connectivity index (χ1v) is 8.48. The maximum atomic E-state index is 12.8. The van der Waals surface area contributed by atoms with Gasteiger partial charge < -0.3 is 10.1 Å². The molecule has 0 aliphatic carbocycles. The van der Waals surface area contributed by atoms with Gasteiger partial charge in [-0.05, 0) is 26.3 Å². The molecule has 28 heavy (non-hydrogen) atoms. The highest BCUT2D eigenvalue weighted by Crippen LogP contribution is 2.40. The van der Waals surface area contributed by atoms with Crippen LogP contribution >= 0.6 is 0 Å². The number of nitrogens with one attached hydrogen (secondary N) is 3. The summed E-state index contributed by atoms with van der Waals surface area (Å²) in [5, 5.41) is 14.0. The van der Waals surface area contributed by atoms with E-state index in [-0.39, 0.29) is 22.6 Å². The number of esters is 1. The first kappa shape index (κ1) is 19.1. The molecule has 1 aliphatic heterocycles. The van der Waals surface area contributed by atoms with Crippen molar-refractivity contribution >= 4 is 17.5 Å². The number of fused-ring (bicyclic) bond motifs is 1. The predicted octanol–water partition coefficient (Wildman–Crippen LogP) is 1.75.